The molecule has 6 nitrogen and oxygen atoms in total. The lowest BCUT2D eigenvalue weighted by molar-refractivity contribution is -0.136. The van der Waals surface area contributed by atoms with Crippen molar-refractivity contribution < 1.29 is 13.2 Å². The normalized spacial score (nSPS) is 23.0. The second-order valence-corrected chi connectivity index (χ2v) is 10.6. The maximum Gasteiger partial charge on any atom is 0.253 e. The van der Waals surface area contributed by atoms with Crippen molar-refractivity contribution >= 4 is 27.3 Å². The zero-order chi connectivity index (χ0) is 18.7. The Labute approximate surface area is 160 Å². The molecule has 0 aliphatic carbocycles. The minimum Gasteiger partial charge on any atom is -0.339 e. The van der Waals surface area contributed by atoms with Gasteiger partial charge in [0.15, 0.2) is 0 Å². The van der Waals surface area contributed by atoms with E-state index < -0.39 is 16.1 Å². The van der Waals surface area contributed by atoms with E-state index in [2.05, 4.69) is 18.7 Å². The highest BCUT2D eigenvalue weighted by molar-refractivity contribution is 7.91. The summed E-state index contributed by atoms with van der Waals surface area (Å²) in [6.45, 7) is 9.10. The molecule has 1 atom stereocenters. The molecule has 2 saturated heterocycles. The van der Waals surface area contributed by atoms with Crippen molar-refractivity contribution in [3.05, 3.63) is 17.5 Å². The Morgan fingerprint density at radius 3 is 2.58 bits per heavy atom. The number of carbonyl (C=O) groups excluding carboxylic acids is 1. The van der Waals surface area contributed by atoms with Crippen LogP contribution in [0.4, 0.5) is 0 Å². The van der Waals surface area contributed by atoms with Crippen LogP contribution in [0.15, 0.2) is 21.7 Å². The molecule has 8 heteroatoms. The highest BCUT2D eigenvalue weighted by Crippen LogP contribution is 2.29. The van der Waals surface area contributed by atoms with E-state index in [4.69, 9.17) is 0 Å². The summed E-state index contributed by atoms with van der Waals surface area (Å²) in [4.78, 5) is 17.3. The van der Waals surface area contributed by atoms with E-state index in [1.807, 2.05) is 4.90 Å². The average Bonchev–Trinajstić information content (AvgIpc) is 3.31. The van der Waals surface area contributed by atoms with Gasteiger partial charge >= 0.3 is 0 Å². The summed E-state index contributed by atoms with van der Waals surface area (Å²) in [7, 11) is -3.56. The topological polar surface area (TPSA) is 60.9 Å². The van der Waals surface area contributed by atoms with Gasteiger partial charge in [-0.15, -0.1) is 11.3 Å². The first kappa shape index (κ1) is 19.8. The predicted molar refractivity (Wildman–Crippen MR) is 104 cm³/mol. The van der Waals surface area contributed by atoms with Crippen molar-refractivity contribution in [3.8, 4) is 0 Å². The van der Waals surface area contributed by atoms with E-state index in [-0.39, 0.29) is 5.91 Å². The molecule has 3 heterocycles. The van der Waals surface area contributed by atoms with Gasteiger partial charge < -0.3 is 4.90 Å². The van der Waals surface area contributed by atoms with Crippen molar-refractivity contribution in [2.75, 3.05) is 39.3 Å². The van der Waals surface area contributed by atoms with Gasteiger partial charge in [0.05, 0.1) is 0 Å². The summed E-state index contributed by atoms with van der Waals surface area (Å²) in [6.07, 6.45) is 2.54. The quantitative estimate of drug-likeness (QED) is 0.735. The van der Waals surface area contributed by atoms with Gasteiger partial charge in [0.2, 0.25) is 5.91 Å². The minimum atomic E-state index is -3.56. The lowest BCUT2D eigenvalue weighted by Gasteiger charge is -2.37. The van der Waals surface area contributed by atoms with Gasteiger partial charge in [-0.05, 0) is 43.2 Å². The Balaban J connectivity index is 1.61. The van der Waals surface area contributed by atoms with Crippen molar-refractivity contribution in [2.45, 2.75) is 43.4 Å². The van der Waals surface area contributed by atoms with Crippen LogP contribution >= 0.6 is 11.3 Å². The largest absolute Gasteiger partial charge is 0.339 e. The molecule has 146 valence electrons. The number of thiophene rings is 1. The number of rotatable bonds is 6. The fourth-order valence-corrected chi connectivity index (χ4v) is 6.41. The van der Waals surface area contributed by atoms with Crippen LogP contribution in [0, 0.1) is 5.92 Å². The van der Waals surface area contributed by atoms with Gasteiger partial charge in [-0.2, -0.15) is 4.31 Å². The summed E-state index contributed by atoms with van der Waals surface area (Å²) >= 11 is 1.21. The molecule has 2 aliphatic rings. The van der Waals surface area contributed by atoms with Gasteiger partial charge in [-0.3, -0.25) is 9.69 Å². The van der Waals surface area contributed by atoms with E-state index in [9.17, 15) is 13.2 Å². The molecule has 1 amide bonds. The Bertz CT molecular complexity index is 695. The van der Waals surface area contributed by atoms with Crippen LogP contribution in [0.25, 0.3) is 0 Å². The smallest absolute Gasteiger partial charge is 0.253 e. The van der Waals surface area contributed by atoms with Crippen LogP contribution in [0.5, 0.6) is 0 Å². The summed E-state index contributed by atoms with van der Waals surface area (Å²) in [5, 5.41) is 1.76. The van der Waals surface area contributed by atoms with Gasteiger partial charge in [-0.25, -0.2) is 8.42 Å². The van der Waals surface area contributed by atoms with Crippen molar-refractivity contribution in [3.63, 3.8) is 0 Å². The number of carbonyl (C=O) groups is 1. The molecule has 0 bridgehead atoms. The molecule has 0 radical (unpaired) electrons. The maximum absolute atomic E-state index is 13.0. The third-order valence-corrected chi connectivity index (χ3v) is 8.53. The van der Waals surface area contributed by atoms with Gasteiger partial charge in [0, 0.05) is 32.7 Å². The SMILES string of the molecule is CC(C)CCN1CCN(C(=O)C2CCCN2S(=O)(=O)c2cccs2)CC1. The first-order valence-electron chi connectivity index (χ1n) is 9.46. The molecule has 0 aromatic carbocycles. The van der Waals surface area contributed by atoms with Crippen LogP contribution < -0.4 is 0 Å². The third kappa shape index (κ3) is 4.30. The van der Waals surface area contributed by atoms with Crippen LogP contribution in [0.3, 0.4) is 0 Å². The first-order chi connectivity index (χ1) is 12.4. The van der Waals surface area contributed by atoms with Crippen LogP contribution in [-0.4, -0.2) is 73.7 Å². The third-order valence-electron chi connectivity index (χ3n) is 5.25. The van der Waals surface area contributed by atoms with E-state index in [1.165, 1.54) is 22.1 Å². The number of amides is 1. The van der Waals surface area contributed by atoms with Crippen molar-refractivity contribution in [1.29, 1.82) is 0 Å². The number of sulfonamides is 1. The maximum atomic E-state index is 13.0. The molecule has 2 aliphatic heterocycles. The van der Waals surface area contributed by atoms with Crippen LogP contribution in [0.1, 0.15) is 33.1 Å². The van der Waals surface area contributed by atoms with E-state index >= 15 is 0 Å². The summed E-state index contributed by atoms with van der Waals surface area (Å²) in [5.74, 6) is 0.662. The molecular weight excluding hydrogens is 370 g/mol. The van der Waals surface area contributed by atoms with Gasteiger partial charge in [-0.1, -0.05) is 19.9 Å². The van der Waals surface area contributed by atoms with Crippen molar-refractivity contribution in [1.82, 2.24) is 14.1 Å². The highest BCUT2D eigenvalue weighted by atomic mass is 32.2. The summed E-state index contributed by atoms with van der Waals surface area (Å²) in [6, 6.07) is 2.82. The Hall–Kier alpha value is -0.960. The molecule has 1 unspecified atom stereocenters. The number of nitrogens with zero attached hydrogens (tertiary/aromatic N) is 3. The molecule has 0 N–H and O–H groups in total. The van der Waals surface area contributed by atoms with E-state index in [0.29, 0.717) is 36.2 Å². The second-order valence-electron chi connectivity index (χ2n) is 7.56. The van der Waals surface area contributed by atoms with Crippen LogP contribution in [-0.2, 0) is 14.8 Å². The average molecular weight is 400 g/mol. The van der Waals surface area contributed by atoms with Crippen molar-refractivity contribution in [2.24, 2.45) is 5.92 Å². The number of piperazine rings is 1. The zero-order valence-corrected chi connectivity index (χ0v) is 17.3. The van der Waals surface area contributed by atoms with E-state index in [0.717, 1.165) is 26.1 Å². The predicted octanol–water partition coefficient (Wildman–Crippen LogP) is 2.09. The monoisotopic (exact) mass is 399 g/mol. The van der Waals surface area contributed by atoms with Gasteiger partial charge in [0.1, 0.15) is 10.3 Å². The first-order valence-corrected chi connectivity index (χ1v) is 11.8. The van der Waals surface area contributed by atoms with Crippen LogP contribution in [0.2, 0.25) is 0 Å². The summed E-state index contributed by atoms with van der Waals surface area (Å²) < 4.78 is 27.5. The lowest BCUT2D eigenvalue weighted by atomic mass is 10.1. The molecule has 1 aromatic heterocycles. The standard InChI is InChI=1S/C18H29N3O3S2/c1-15(2)7-9-19-10-12-20(13-11-19)18(22)16-5-3-8-21(16)26(23,24)17-6-4-14-25-17/h4,6,14-16H,3,5,7-13H2,1-2H3. The minimum absolute atomic E-state index is 0.0221. The fourth-order valence-electron chi connectivity index (χ4n) is 3.64. The van der Waals surface area contributed by atoms with E-state index in [1.54, 1.807) is 17.5 Å². The molecule has 1 aromatic rings. The van der Waals surface area contributed by atoms with Gasteiger partial charge in [0.25, 0.3) is 10.0 Å². The highest BCUT2D eigenvalue weighted by Gasteiger charge is 2.41. The molecule has 26 heavy (non-hydrogen) atoms. The Morgan fingerprint density at radius 2 is 1.96 bits per heavy atom. The molecule has 2 fully saturated rings. The number of hydrogen-bond acceptors (Lipinski definition) is 5. The number of hydrogen-bond donors (Lipinski definition) is 0. The Morgan fingerprint density at radius 1 is 1.23 bits per heavy atom. The second kappa shape index (κ2) is 8.37. The molecule has 0 saturated carbocycles. The molecule has 0 spiro atoms. The Kier molecular flexibility index (Phi) is 6.37. The summed E-state index contributed by atoms with van der Waals surface area (Å²) in [5.41, 5.74) is 0. The zero-order valence-electron chi connectivity index (χ0n) is 15.6. The molecule has 3 rings (SSSR count). The fraction of sp³-hybridized carbons (Fsp3) is 0.722. The molecular formula is C18H29N3O3S2. The lowest BCUT2D eigenvalue weighted by Crippen LogP contribution is -2.54.